The molecular weight excluding hydrogens is 194 g/mol. The van der Waals surface area contributed by atoms with Crippen molar-refractivity contribution in [3.05, 3.63) is 11.6 Å². The van der Waals surface area contributed by atoms with Gasteiger partial charge in [-0.15, -0.1) is 0 Å². The maximum absolute atomic E-state index is 10.4. The summed E-state index contributed by atoms with van der Waals surface area (Å²) in [7, 11) is 0. The van der Waals surface area contributed by atoms with E-state index >= 15 is 0 Å². The molecule has 5 N–H and O–H groups in total. The lowest BCUT2D eigenvalue weighted by Crippen LogP contribution is -2.29. The zero-order chi connectivity index (χ0) is 11.8. The van der Waals surface area contributed by atoms with Crippen molar-refractivity contribution in [2.75, 3.05) is 6.54 Å². The number of nitrogens with two attached hydrogens (primary N) is 2. The zero-order valence-electron chi connectivity index (χ0n) is 9.23. The van der Waals surface area contributed by atoms with Crippen molar-refractivity contribution >= 4 is 11.8 Å². The summed E-state index contributed by atoms with van der Waals surface area (Å²) in [6.45, 7) is 4.19. The summed E-state index contributed by atoms with van der Waals surface area (Å²) >= 11 is 0. The van der Waals surface area contributed by atoms with E-state index in [4.69, 9.17) is 16.6 Å². The maximum atomic E-state index is 10.4. The van der Waals surface area contributed by atoms with Gasteiger partial charge in [0.1, 0.15) is 6.04 Å². The lowest BCUT2D eigenvalue weighted by molar-refractivity contribution is -0.138. The van der Waals surface area contributed by atoms with Gasteiger partial charge < -0.3 is 16.6 Å². The first-order valence-corrected chi connectivity index (χ1v) is 4.84. The highest BCUT2D eigenvalue weighted by molar-refractivity contribution is 5.77. The van der Waals surface area contributed by atoms with Gasteiger partial charge >= 0.3 is 5.97 Å². The third-order valence-electron chi connectivity index (χ3n) is 1.95. The molecule has 0 aliphatic rings. The van der Waals surface area contributed by atoms with E-state index in [-0.39, 0.29) is 0 Å². The van der Waals surface area contributed by atoms with Gasteiger partial charge in [0.05, 0.1) is 12.4 Å². The Hall–Kier alpha value is -1.36. The average Bonchev–Trinajstić information content (AvgIpc) is 2.13. The number of carboxylic acids is 1. The molecule has 0 spiro atoms. The van der Waals surface area contributed by atoms with Crippen molar-refractivity contribution in [2.24, 2.45) is 16.5 Å². The Morgan fingerprint density at radius 2 is 2.13 bits per heavy atom. The van der Waals surface area contributed by atoms with Crippen LogP contribution in [-0.2, 0) is 4.79 Å². The lowest BCUT2D eigenvalue weighted by Gasteiger charge is -2.05. The van der Waals surface area contributed by atoms with E-state index in [1.165, 1.54) is 0 Å². The van der Waals surface area contributed by atoms with Crippen LogP contribution in [-0.4, -0.2) is 29.5 Å². The number of carbonyl (C=O) groups is 1. The minimum atomic E-state index is -0.960. The number of amidine groups is 1. The van der Waals surface area contributed by atoms with Crippen molar-refractivity contribution in [3.63, 3.8) is 0 Å². The molecule has 0 rings (SSSR count). The van der Waals surface area contributed by atoms with Crippen molar-refractivity contribution in [2.45, 2.75) is 32.7 Å². The van der Waals surface area contributed by atoms with Crippen molar-refractivity contribution in [3.8, 4) is 0 Å². The zero-order valence-corrected chi connectivity index (χ0v) is 9.23. The Kier molecular flexibility index (Phi) is 6.37. The summed E-state index contributed by atoms with van der Waals surface area (Å²) in [5, 5.41) is 8.56. The quantitative estimate of drug-likeness (QED) is 0.339. The average molecular weight is 213 g/mol. The van der Waals surface area contributed by atoms with Gasteiger partial charge in [0.15, 0.2) is 0 Å². The molecule has 0 aromatic rings. The third-order valence-corrected chi connectivity index (χ3v) is 1.95. The van der Waals surface area contributed by atoms with Crippen LogP contribution in [0.4, 0.5) is 0 Å². The Bertz CT molecular complexity index is 268. The first-order chi connectivity index (χ1) is 6.93. The first kappa shape index (κ1) is 13.6. The van der Waals surface area contributed by atoms with Gasteiger partial charge in [-0.3, -0.25) is 9.79 Å². The minimum Gasteiger partial charge on any atom is -0.480 e. The molecule has 5 heteroatoms. The van der Waals surface area contributed by atoms with Crippen LogP contribution >= 0.6 is 0 Å². The summed E-state index contributed by atoms with van der Waals surface area (Å²) < 4.78 is 0. The summed E-state index contributed by atoms with van der Waals surface area (Å²) in [6, 6.07) is -0.784. The fourth-order valence-corrected chi connectivity index (χ4v) is 0.954. The van der Waals surface area contributed by atoms with Gasteiger partial charge in [-0.05, 0) is 26.7 Å². The van der Waals surface area contributed by atoms with Crippen LogP contribution in [0.25, 0.3) is 0 Å². The van der Waals surface area contributed by atoms with E-state index in [0.29, 0.717) is 25.2 Å². The van der Waals surface area contributed by atoms with Crippen molar-refractivity contribution < 1.29 is 9.90 Å². The molecule has 0 radical (unpaired) electrons. The van der Waals surface area contributed by atoms with Gasteiger partial charge in [-0.1, -0.05) is 11.6 Å². The number of allylic oxidation sites excluding steroid dienone is 1. The molecule has 0 aliphatic carbocycles. The Balaban J connectivity index is 3.88. The molecule has 0 bridgehead atoms. The number of carboxylic acid groups (broad SMARTS) is 1. The van der Waals surface area contributed by atoms with Crippen LogP contribution in [0.2, 0.25) is 0 Å². The molecule has 0 aliphatic heterocycles. The van der Waals surface area contributed by atoms with E-state index < -0.39 is 12.0 Å². The summed E-state index contributed by atoms with van der Waals surface area (Å²) in [5.41, 5.74) is 11.8. The number of aliphatic imine (C=N–C) groups is 1. The number of nitrogens with zero attached hydrogens (tertiary/aromatic N) is 1. The lowest BCUT2D eigenvalue weighted by atomic mass is 10.1. The predicted octanol–water partition coefficient (Wildman–Crippen LogP) is 0.502. The van der Waals surface area contributed by atoms with Gasteiger partial charge in [0.25, 0.3) is 0 Å². The third kappa shape index (κ3) is 7.69. The predicted molar refractivity (Wildman–Crippen MR) is 60.8 cm³/mol. The molecule has 0 saturated carbocycles. The van der Waals surface area contributed by atoms with Crippen LogP contribution < -0.4 is 11.5 Å². The van der Waals surface area contributed by atoms with Crippen LogP contribution in [0.3, 0.4) is 0 Å². The molecule has 0 amide bonds. The van der Waals surface area contributed by atoms with Crippen molar-refractivity contribution in [1.29, 1.82) is 0 Å². The summed E-state index contributed by atoms with van der Waals surface area (Å²) in [5.74, 6) is -0.417. The maximum Gasteiger partial charge on any atom is 0.320 e. The molecule has 0 heterocycles. The van der Waals surface area contributed by atoms with Crippen molar-refractivity contribution in [1.82, 2.24) is 0 Å². The van der Waals surface area contributed by atoms with Crippen LogP contribution in [0.15, 0.2) is 16.6 Å². The Morgan fingerprint density at radius 1 is 1.53 bits per heavy atom. The first-order valence-electron chi connectivity index (χ1n) is 4.84. The van der Waals surface area contributed by atoms with Gasteiger partial charge in [-0.2, -0.15) is 0 Å². The summed E-state index contributed by atoms with van der Waals surface area (Å²) in [6.07, 6.45) is 3.04. The Labute approximate surface area is 89.9 Å². The smallest absolute Gasteiger partial charge is 0.320 e. The largest absolute Gasteiger partial charge is 0.480 e. The standard InChI is InChI=1S/C10H19N3O2/c1-7(5-6-13-8(2)11)3-4-9(12)10(14)15/h5,9H,3-4,6,12H2,1-2H3,(H2,11,13)(H,14,15)/t9-/m0/s1. The molecule has 0 fully saturated rings. The molecule has 0 saturated heterocycles. The number of hydrogen-bond donors (Lipinski definition) is 3. The highest BCUT2D eigenvalue weighted by atomic mass is 16.4. The van der Waals surface area contributed by atoms with Gasteiger partial charge in [-0.25, -0.2) is 0 Å². The molecular formula is C10H19N3O2. The van der Waals surface area contributed by atoms with Crippen LogP contribution in [0.5, 0.6) is 0 Å². The monoisotopic (exact) mass is 213 g/mol. The molecule has 0 unspecified atom stereocenters. The topological polar surface area (TPSA) is 102 Å². The second-order valence-electron chi connectivity index (χ2n) is 3.52. The number of hydrogen-bond acceptors (Lipinski definition) is 3. The van der Waals surface area contributed by atoms with E-state index in [9.17, 15) is 4.79 Å². The van der Waals surface area contributed by atoms with Gasteiger partial charge in [0.2, 0.25) is 0 Å². The molecule has 0 aromatic heterocycles. The second kappa shape index (κ2) is 7.00. The van der Waals surface area contributed by atoms with E-state index in [1.807, 2.05) is 13.0 Å². The highest BCUT2D eigenvalue weighted by Gasteiger charge is 2.10. The minimum absolute atomic E-state index is 0.447. The normalized spacial score (nSPS) is 15.1. The number of aliphatic carboxylic acids is 1. The van der Waals surface area contributed by atoms with E-state index in [1.54, 1.807) is 6.92 Å². The van der Waals surface area contributed by atoms with Crippen LogP contribution in [0.1, 0.15) is 26.7 Å². The fraction of sp³-hybridized carbons (Fsp3) is 0.600. The van der Waals surface area contributed by atoms with E-state index in [2.05, 4.69) is 4.99 Å². The van der Waals surface area contributed by atoms with E-state index in [0.717, 1.165) is 5.57 Å². The second-order valence-corrected chi connectivity index (χ2v) is 3.52. The molecule has 0 aromatic carbocycles. The molecule has 1 atom stereocenters. The summed E-state index contributed by atoms with van der Waals surface area (Å²) in [4.78, 5) is 14.4. The highest BCUT2D eigenvalue weighted by Crippen LogP contribution is 2.05. The SMILES string of the molecule is CC(=CCN=C(C)N)CC[C@H](N)C(=O)O. The molecule has 15 heavy (non-hydrogen) atoms. The fourth-order valence-electron chi connectivity index (χ4n) is 0.954. The molecule has 86 valence electrons. The van der Waals surface area contributed by atoms with Gasteiger partial charge in [0, 0.05) is 0 Å². The molecule has 5 nitrogen and oxygen atoms in total. The number of rotatable bonds is 6. The van der Waals surface area contributed by atoms with Crippen LogP contribution in [0, 0.1) is 0 Å². The Morgan fingerprint density at radius 3 is 2.60 bits per heavy atom.